The molecule has 3 aromatic rings. The molecule has 1 aliphatic rings. The molecule has 8 heteroatoms. The molecule has 194 valence electrons. The lowest BCUT2D eigenvalue weighted by molar-refractivity contribution is -0.118. The molecule has 1 aliphatic carbocycles. The number of nitrogens with zero attached hydrogens (tertiary/aromatic N) is 2. The van der Waals surface area contributed by atoms with Crippen LogP contribution in [-0.4, -0.2) is 64.6 Å². The van der Waals surface area contributed by atoms with Crippen LogP contribution in [0.5, 0.6) is 5.75 Å². The molecule has 1 unspecified atom stereocenters. The number of aromatic hydroxyl groups is 1. The highest BCUT2D eigenvalue weighted by atomic mass is 32.1. The molecule has 1 fully saturated rings. The monoisotopic (exact) mass is 510 g/mol. The molecule has 36 heavy (non-hydrogen) atoms. The summed E-state index contributed by atoms with van der Waals surface area (Å²) in [6.07, 6.45) is 6.14. The number of hydrogen-bond acceptors (Lipinski definition) is 6. The number of aromatic amines is 1. The number of carbonyl (C=O) groups is 1. The van der Waals surface area contributed by atoms with Crippen LogP contribution in [0.25, 0.3) is 10.2 Å². The second kappa shape index (κ2) is 12.5. The minimum Gasteiger partial charge on any atom is -0.506 e. The molecule has 7 nitrogen and oxygen atoms in total. The number of amides is 1. The quantitative estimate of drug-likeness (QED) is 0.322. The number of benzene rings is 2. The van der Waals surface area contributed by atoms with Gasteiger partial charge >= 0.3 is 4.87 Å². The average Bonchev–Trinajstić information content (AvgIpc) is 3.54. The number of carbonyl (C=O) groups excluding carboxylic acids is 1. The van der Waals surface area contributed by atoms with E-state index in [4.69, 9.17) is 5.73 Å². The van der Waals surface area contributed by atoms with Crippen LogP contribution in [0.2, 0.25) is 0 Å². The van der Waals surface area contributed by atoms with Crippen molar-refractivity contribution >= 4 is 27.5 Å². The van der Waals surface area contributed by atoms with Gasteiger partial charge in [0.1, 0.15) is 11.3 Å². The fourth-order valence-electron chi connectivity index (χ4n) is 5.39. The number of phenolic OH excluding ortho intramolecular Hbond substituents is 1. The lowest BCUT2D eigenvalue weighted by atomic mass is 10.0. The average molecular weight is 511 g/mol. The smallest absolute Gasteiger partial charge is 0.305 e. The van der Waals surface area contributed by atoms with Crippen LogP contribution in [-0.2, 0) is 11.2 Å². The predicted molar refractivity (Wildman–Crippen MR) is 147 cm³/mol. The summed E-state index contributed by atoms with van der Waals surface area (Å²) in [5, 5.41) is 10.1. The van der Waals surface area contributed by atoms with Crippen LogP contribution in [0, 0.1) is 0 Å². The molecule has 0 radical (unpaired) electrons. The molecule has 1 saturated carbocycles. The fraction of sp³-hybridized carbons (Fsp3) is 0.500. The first-order valence-electron chi connectivity index (χ1n) is 13.0. The Kier molecular flexibility index (Phi) is 9.18. The maximum atomic E-state index is 11.9. The number of nitrogens with one attached hydrogen (secondary N) is 1. The summed E-state index contributed by atoms with van der Waals surface area (Å²) >= 11 is 1.17. The second-order valence-corrected chi connectivity index (χ2v) is 11.0. The minimum atomic E-state index is -0.262. The molecule has 4 rings (SSSR count). The summed E-state index contributed by atoms with van der Waals surface area (Å²) in [4.78, 5) is 31.0. The van der Waals surface area contributed by atoms with Gasteiger partial charge in [-0.05, 0) is 42.4 Å². The number of aromatic nitrogens is 1. The van der Waals surface area contributed by atoms with Crippen molar-refractivity contribution in [1.82, 2.24) is 14.8 Å². The standard InChI is InChI=1S/C28H38N4O3S/c1-20(21-7-3-2-4-8-21)19-31(15-14-25(29)34)17-18-32(23-9-5-6-10-23)16-13-22-11-12-24(33)26-27(22)36-28(35)30-26/h2-4,7-8,11-12,20,23,33H,5-6,9-10,13-19H2,1H3,(H2,29,34)(H,30,35). The van der Waals surface area contributed by atoms with Gasteiger partial charge in [0, 0.05) is 45.2 Å². The van der Waals surface area contributed by atoms with E-state index in [1.165, 1.54) is 42.6 Å². The summed E-state index contributed by atoms with van der Waals surface area (Å²) in [6.45, 7) is 6.49. The molecule has 1 amide bonds. The van der Waals surface area contributed by atoms with E-state index in [9.17, 15) is 14.7 Å². The Hall–Kier alpha value is -2.68. The van der Waals surface area contributed by atoms with E-state index in [2.05, 4.69) is 46.0 Å². The number of nitrogens with two attached hydrogens (primary N) is 1. The van der Waals surface area contributed by atoms with E-state index < -0.39 is 0 Å². The molecular weight excluding hydrogens is 472 g/mol. The van der Waals surface area contributed by atoms with Gasteiger partial charge in [-0.3, -0.25) is 14.5 Å². The van der Waals surface area contributed by atoms with Crippen LogP contribution in [0.15, 0.2) is 47.3 Å². The van der Waals surface area contributed by atoms with Crippen molar-refractivity contribution < 1.29 is 9.90 Å². The summed E-state index contributed by atoms with van der Waals surface area (Å²) in [5.41, 5.74) is 8.43. The number of H-pyrrole nitrogens is 1. The summed E-state index contributed by atoms with van der Waals surface area (Å²) in [6, 6.07) is 14.7. The Morgan fingerprint density at radius 3 is 2.58 bits per heavy atom. The minimum absolute atomic E-state index is 0.123. The molecule has 2 aromatic carbocycles. The van der Waals surface area contributed by atoms with Gasteiger partial charge in [0.05, 0.1) is 4.70 Å². The second-order valence-electron chi connectivity index (χ2n) is 10.0. The van der Waals surface area contributed by atoms with Crippen molar-refractivity contribution in [3.63, 3.8) is 0 Å². The zero-order chi connectivity index (χ0) is 25.5. The van der Waals surface area contributed by atoms with E-state index in [1.54, 1.807) is 6.07 Å². The Balaban J connectivity index is 1.44. The Morgan fingerprint density at radius 1 is 1.11 bits per heavy atom. The highest BCUT2D eigenvalue weighted by Crippen LogP contribution is 2.29. The highest BCUT2D eigenvalue weighted by molar-refractivity contribution is 7.16. The van der Waals surface area contributed by atoms with Crippen molar-refractivity contribution in [3.8, 4) is 5.75 Å². The summed E-state index contributed by atoms with van der Waals surface area (Å²) < 4.78 is 0.853. The molecule has 1 atom stereocenters. The normalized spacial score (nSPS) is 15.3. The van der Waals surface area contributed by atoms with Gasteiger partial charge in [-0.25, -0.2) is 0 Å². The number of phenols is 1. The maximum Gasteiger partial charge on any atom is 0.305 e. The zero-order valence-corrected chi connectivity index (χ0v) is 21.9. The fourth-order valence-corrected chi connectivity index (χ4v) is 6.28. The van der Waals surface area contributed by atoms with Gasteiger partial charge in [-0.1, -0.05) is 67.5 Å². The van der Waals surface area contributed by atoms with Crippen LogP contribution in [0.4, 0.5) is 0 Å². The van der Waals surface area contributed by atoms with Gasteiger partial charge in [0.15, 0.2) is 0 Å². The first-order chi connectivity index (χ1) is 17.4. The molecule has 1 heterocycles. The van der Waals surface area contributed by atoms with Gasteiger partial charge in [-0.15, -0.1) is 0 Å². The van der Waals surface area contributed by atoms with E-state index >= 15 is 0 Å². The number of fused-ring (bicyclic) bond motifs is 1. The number of hydrogen-bond donors (Lipinski definition) is 3. The van der Waals surface area contributed by atoms with E-state index in [1.807, 2.05) is 12.1 Å². The van der Waals surface area contributed by atoms with Crippen molar-refractivity contribution in [1.29, 1.82) is 0 Å². The van der Waals surface area contributed by atoms with Crippen molar-refractivity contribution in [2.75, 3.05) is 32.7 Å². The van der Waals surface area contributed by atoms with Crippen molar-refractivity contribution in [3.05, 3.63) is 63.3 Å². The molecule has 0 spiro atoms. The van der Waals surface area contributed by atoms with Gasteiger partial charge in [-0.2, -0.15) is 0 Å². The Labute approximate surface area is 216 Å². The van der Waals surface area contributed by atoms with Crippen molar-refractivity contribution in [2.45, 2.75) is 57.4 Å². The number of thiazole rings is 1. The number of rotatable bonds is 13. The molecule has 0 saturated heterocycles. The van der Waals surface area contributed by atoms with E-state index in [0.717, 1.165) is 42.9 Å². The topological polar surface area (TPSA) is 103 Å². The van der Waals surface area contributed by atoms with E-state index in [0.29, 0.717) is 30.4 Å². The Bertz CT molecular complexity index is 1190. The van der Waals surface area contributed by atoms with Crippen LogP contribution < -0.4 is 10.6 Å². The van der Waals surface area contributed by atoms with Gasteiger partial charge in [0.25, 0.3) is 0 Å². The zero-order valence-electron chi connectivity index (χ0n) is 21.1. The van der Waals surface area contributed by atoms with Crippen LogP contribution >= 0.6 is 11.3 Å². The SMILES string of the molecule is CC(CN(CCC(N)=O)CCN(CCc1ccc(O)c2[nH]c(=O)sc12)C1CCCC1)c1ccccc1. The third kappa shape index (κ3) is 6.96. The third-order valence-electron chi connectivity index (χ3n) is 7.43. The molecule has 1 aromatic heterocycles. The van der Waals surface area contributed by atoms with Gasteiger partial charge < -0.3 is 20.7 Å². The largest absolute Gasteiger partial charge is 0.506 e. The van der Waals surface area contributed by atoms with Crippen LogP contribution in [0.1, 0.15) is 56.1 Å². The molecule has 0 aliphatic heterocycles. The molecular formula is C28H38N4O3S. The highest BCUT2D eigenvalue weighted by Gasteiger charge is 2.24. The predicted octanol–water partition coefficient (Wildman–Crippen LogP) is 4.06. The van der Waals surface area contributed by atoms with Crippen molar-refractivity contribution in [2.24, 2.45) is 5.73 Å². The maximum absolute atomic E-state index is 11.9. The summed E-state index contributed by atoms with van der Waals surface area (Å²) in [7, 11) is 0. The van der Waals surface area contributed by atoms with Crippen LogP contribution in [0.3, 0.4) is 0 Å². The van der Waals surface area contributed by atoms with Gasteiger partial charge in [0.2, 0.25) is 5.91 Å². The van der Waals surface area contributed by atoms with E-state index in [-0.39, 0.29) is 16.5 Å². The summed E-state index contributed by atoms with van der Waals surface area (Å²) in [5.74, 6) is 0.222. The molecule has 4 N–H and O–H groups in total. The lowest BCUT2D eigenvalue weighted by Crippen LogP contribution is -2.42. The first kappa shape index (κ1) is 26.4. The lowest BCUT2D eigenvalue weighted by Gasteiger charge is -2.33. The number of primary amides is 1. The third-order valence-corrected chi connectivity index (χ3v) is 8.38. The first-order valence-corrected chi connectivity index (χ1v) is 13.9. The Morgan fingerprint density at radius 2 is 1.86 bits per heavy atom. The molecule has 0 bridgehead atoms.